The normalized spacial score (nSPS) is 24.3. The lowest BCUT2D eigenvalue weighted by Gasteiger charge is -2.29. The first kappa shape index (κ1) is 20.6. The molecule has 1 atom stereocenters. The molecule has 6 heteroatoms. The first-order chi connectivity index (χ1) is 14.6. The number of nitrogens with zero attached hydrogens (tertiary/aromatic N) is 1. The van der Waals surface area contributed by atoms with Gasteiger partial charge in [0.05, 0.1) is 37.8 Å². The third-order valence-corrected chi connectivity index (χ3v) is 6.13. The Kier molecular flexibility index (Phi) is 6.45. The average Bonchev–Trinajstić information content (AvgIpc) is 3.04. The Hall–Kier alpha value is -2.70. The van der Waals surface area contributed by atoms with Gasteiger partial charge in [0.15, 0.2) is 6.04 Å². The molecule has 4 rings (SSSR count). The first-order valence-corrected chi connectivity index (χ1v) is 11.0. The number of benzene rings is 2. The Morgan fingerprint density at radius 2 is 1.73 bits per heavy atom. The van der Waals surface area contributed by atoms with Crippen LogP contribution in [0.15, 0.2) is 54.6 Å². The largest absolute Gasteiger partial charge is 0.494 e. The summed E-state index contributed by atoms with van der Waals surface area (Å²) in [5, 5.41) is 2.15. The summed E-state index contributed by atoms with van der Waals surface area (Å²) in [5.74, 6) is 0.536. The van der Waals surface area contributed by atoms with Gasteiger partial charge in [-0.1, -0.05) is 30.3 Å². The fraction of sp³-hybridized carbons (Fsp3) is 0.417. The molecule has 2 aromatic carbocycles. The van der Waals surface area contributed by atoms with Crippen LogP contribution in [0.4, 0.5) is 5.69 Å². The van der Waals surface area contributed by atoms with E-state index in [9.17, 15) is 9.59 Å². The van der Waals surface area contributed by atoms with Gasteiger partial charge in [-0.05, 0) is 31.2 Å². The van der Waals surface area contributed by atoms with Crippen molar-refractivity contribution in [3.8, 4) is 5.75 Å². The number of hydrogen-bond donors (Lipinski definition) is 2. The number of carbonyl (C=O) groups excluding carboxylic acids is 2. The fourth-order valence-electron chi connectivity index (χ4n) is 4.57. The van der Waals surface area contributed by atoms with Crippen LogP contribution in [0.2, 0.25) is 0 Å². The van der Waals surface area contributed by atoms with Gasteiger partial charge < -0.3 is 15.0 Å². The van der Waals surface area contributed by atoms with Gasteiger partial charge in [-0.25, -0.2) is 4.90 Å². The van der Waals surface area contributed by atoms with Crippen molar-refractivity contribution in [1.82, 2.24) is 0 Å². The van der Waals surface area contributed by atoms with Crippen molar-refractivity contribution in [2.45, 2.75) is 44.8 Å². The van der Waals surface area contributed by atoms with Crippen LogP contribution in [-0.4, -0.2) is 43.6 Å². The Labute approximate surface area is 177 Å². The Bertz CT molecular complexity index is 861. The molecule has 0 aliphatic carbocycles. The summed E-state index contributed by atoms with van der Waals surface area (Å²) in [4.78, 5) is 28.4. The lowest BCUT2D eigenvalue weighted by Crippen LogP contribution is -3.14. The molecule has 0 radical (unpaired) electrons. The summed E-state index contributed by atoms with van der Waals surface area (Å²) in [6.07, 6.45) is 2.43. The minimum absolute atomic E-state index is 0.0942. The zero-order valence-corrected chi connectivity index (χ0v) is 17.5. The molecule has 2 fully saturated rings. The molecule has 0 bridgehead atoms. The number of amides is 2. The molecule has 2 amide bonds. The highest BCUT2D eigenvalue weighted by atomic mass is 16.5. The topological polar surface area (TPSA) is 67.7 Å². The van der Waals surface area contributed by atoms with E-state index in [-0.39, 0.29) is 24.3 Å². The molecule has 30 heavy (non-hydrogen) atoms. The molecule has 0 saturated carbocycles. The number of piperidine rings is 1. The molecule has 0 unspecified atom stereocenters. The number of hydrogen-bond acceptors (Lipinski definition) is 3. The second kappa shape index (κ2) is 9.41. The number of nitrogens with two attached hydrogens (primary N) is 1. The third-order valence-electron chi connectivity index (χ3n) is 6.13. The van der Waals surface area contributed by atoms with Crippen LogP contribution in [0.3, 0.4) is 0 Å². The zero-order chi connectivity index (χ0) is 20.9. The number of imide groups is 1. The van der Waals surface area contributed by atoms with Crippen molar-refractivity contribution in [3.05, 3.63) is 60.2 Å². The maximum Gasteiger partial charge on any atom is 0.292 e. The Morgan fingerprint density at radius 1 is 1.03 bits per heavy atom. The summed E-state index contributed by atoms with van der Waals surface area (Å²) >= 11 is 0. The molecular weight excluding hydrogens is 378 g/mol. The van der Waals surface area contributed by atoms with Crippen LogP contribution >= 0.6 is 0 Å². The van der Waals surface area contributed by atoms with Gasteiger partial charge in [0, 0.05) is 18.4 Å². The van der Waals surface area contributed by atoms with Crippen LogP contribution in [0, 0.1) is 0 Å². The summed E-state index contributed by atoms with van der Waals surface area (Å²) in [5.41, 5.74) is 2.00. The van der Waals surface area contributed by atoms with E-state index < -0.39 is 0 Å². The molecule has 2 saturated heterocycles. The van der Waals surface area contributed by atoms with Crippen LogP contribution < -0.4 is 19.9 Å². The third kappa shape index (κ3) is 4.71. The maximum absolute atomic E-state index is 12.9. The number of carbonyl (C=O) groups is 2. The molecule has 2 heterocycles. The highest BCUT2D eigenvalue weighted by Crippen LogP contribution is 2.24. The average molecular weight is 410 g/mol. The van der Waals surface area contributed by atoms with E-state index in [1.807, 2.05) is 19.1 Å². The van der Waals surface area contributed by atoms with Crippen LogP contribution in [-0.2, 0) is 16.1 Å². The van der Waals surface area contributed by atoms with Crippen LogP contribution in [0.1, 0.15) is 31.7 Å². The highest BCUT2D eigenvalue weighted by Gasteiger charge is 2.44. The van der Waals surface area contributed by atoms with Crippen LogP contribution in [0.25, 0.3) is 0 Å². The molecular formula is C24H31N3O3+2. The van der Waals surface area contributed by atoms with E-state index in [1.54, 1.807) is 17.0 Å². The van der Waals surface area contributed by atoms with Crippen molar-refractivity contribution in [3.63, 3.8) is 0 Å². The number of likely N-dealkylation sites (tertiary alicyclic amines) is 1. The fourth-order valence-corrected chi connectivity index (χ4v) is 4.57. The van der Waals surface area contributed by atoms with Crippen LogP contribution in [0.5, 0.6) is 5.75 Å². The van der Waals surface area contributed by atoms with E-state index in [0.717, 1.165) is 38.2 Å². The monoisotopic (exact) mass is 409 g/mol. The summed E-state index contributed by atoms with van der Waals surface area (Å²) in [6, 6.07) is 17.9. The SMILES string of the molecule is CCOc1ccc(N2C(=O)C[C@@H]([NH2+]C3CC[NH+](Cc4ccccc4)CC3)C2=O)cc1. The molecule has 0 aromatic heterocycles. The van der Waals surface area contributed by atoms with Gasteiger partial charge in [0.1, 0.15) is 12.3 Å². The Balaban J connectivity index is 1.30. The minimum Gasteiger partial charge on any atom is -0.494 e. The number of anilines is 1. The number of rotatable bonds is 7. The number of ether oxygens (including phenoxy) is 1. The quantitative estimate of drug-likeness (QED) is 0.656. The summed E-state index contributed by atoms with van der Waals surface area (Å²) < 4.78 is 5.45. The van der Waals surface area contributed by atoms with Gasteiger partial charge in [-0.2, -0.15) is 0 Å². The lowest BCUT2D eigenvalue weighted by molar-refractivity contribution is -0.926. The van der Waals surface area contributed by atoms with E-state index in [2.05, 4.69) is 35.6 Å². The minimum atomic E-state index is -0.301. The predicted octanol–water partition coefficient (Wildman–Crippen LogP) is 0.528. The van der Waals surface area contributed by atoms with Gasteiger partial charge >= 0.3 is 0 Å². The van der Waals surface area contributed by atoms with E-state index >= 15 is 0 Å². The Morgan fingerprint density at radius 3 is 2.40 bits per heavy atom. The van der Waals surface area contributed by atoms with Crippen molar-refractivity contribution in [2.24, 2.45) is 0 Å². The molecule has 3 N–H and O–H groups in total. The van der Waals surface area contributed by atoms with Crippen molar-refractivity contribution >= 4 is 17.5 Å². The van der Waals surface area contributed by atoms with Crippen molar-refractivity contribution in [2.75, 3.05) is 24.6 Å². The lowest BCUT2D eigenvalue weighted by atomic mass is 10.0. The second-order valence-electron chi connectivity index (χ2n) is 8.25. The van der Waals surface area contributed by atoms with E-state index in [1.165, 1.54) is 10.5 Å². The van der Waals surface area contributed by atoms with Gasteiger partial charge in [-0.3, -0.25) is 9.59 Å². The molecule has 2 aliphatic rings. The molecule has 2 aliphatic heterocycles. The standard InChI is InChI=1S/C24H29N3O3/c1-2-30-21-10-8-20(9-11-21)27-23(28)16-22(24(27)29)25-19-12-14-26(15-13-19)17-18-6-4-3-5-7-18/h3-11,19,22,25H,2,12-17H2,1H3/p+2/t22-/m1/s1. The van der Waals surface area contributed by atoms with E-state index in [4.69, 9.17) is 4.74 Å². The molecule has 0 spiro atoms. The van der Waals surface area contributed by atoms with Gasteiger partial charge in [0.2, 0.25) is 5.91 Å². The smallest absolute Gasteiger partial charge is 0.292 e. The van der Waals surface area contributed by atoms with Gasteiger partial charge in [-0.15, -0.1) is 0 Å². The van der Waals surface area contributed by atoms with E-state index in [0.29, 0.717) is 18.3 Å². The molecule has 6 nitrogen and oxygen atoms in total. The second-order valence-corrected chi connectivity index (χ2v) is 8.25. The zero-order valence-electron chi connectivity index (χ0n) is 17.5. The summed E-state index contributed by atoms with van der Waals surface area (Å²) in [6.45, 7) is 5.78. The summed E-state index contributed by atoms with van der Waals surface area (Å²) in [7, 11) is 0. The molecule has 2 aromatic rings. The number of quaternary nitrogens is 2. The van der Waals surface area contributed by atoms with Crippen molar-refractivity contribution < 1.29 is 24.5 Å². The number of nitrogens with one attached hydrogen (secondary N) is 1. The highest BCUT2D eigenvalue weighted by molar-refractivity contribution is 6.21. The predicted molar refractivity (Wildman–Crippen MR) is 114 cm³/mol. The molecule has 158 valence electrons. The van der Waals surface area contributed by atoms with Gasteiger partial charge in [0.25, 0.3) is 5.91 Å². The first-order valence-electron chi connectivity index (χ1n) is 11.0. The van der Waals surface area contributed by atoms with Crippen molar-refractivity contribution in [1.29, 1.82) is 0 Å². The maximum atomic E-state index is 12.9.